The highest BCUT2D eigenvalue weighted by Gasteiger charge is 2.44. The van der Waals surface area contributed by atoms with E-state index in [1.54, 1.807) is 69.3 Å². The lowest BCUT2D eigenvalue weighted by Gasteiger charge is -2.31. The SMILES string of the molecule is C.CO.COC(=O)[C@@H]1CCC(c2ccc(O)cc2)=N1.COC(=O)[C@@H]1CCC(c2ccc(O)cc2)N1C(=O)OC(C)(C)C. The number of phenols is 2. The number of methoxy groups -OCH3 is 2. The molecule has 4 rings (SSSR count). The fraction of sp³-hybridized carbons (Fsp3) is 0.484. The number of hydrogen-bond donors (Lipinski definition) is 3. The Balaban J connectivity index is 0.000000408. The molecule has 0 spiro atoms. The molecule has 1 saturated heterocycles. The fourth-order valence-corrected chi connectivity index (χ4v) is 4.54. The van der Waals surface area contributed by atoms with Crippen molar-refractivity contribution in [3.8, 4) is 11.5 Å². The van der Waals surface area contributed by atoms with Crippen molar-refractivity contribution < 1.29 is 43.9 Å². The number of aromatic hydroxyl groups is 2. The Hall–Kier alpha value is -4.12. The lowest BCUT2D eigenvalue weighted by molar-refractivity contribution is -0.146. The van der Waals surface area contributed by atoms with Crippen LogP contribution in [0.5, 0.6) is 11.5 Å². The van der Waals surface area contributed by atoms with Gasteiger partial charge in [0.05, 0.1) is 20.3 Å². The maximum absolute atomic E-state index is 12.6. The maximum Gasteiger partial charge on any atom is 0.411 e. The lowest BCUT2D eigenvalue weighted by atomic mass is 10.0. The summed E-state index contributed by atoms with van der Waals surface area (Å²) in [6.45, 7) is 5.34. The highest BCUT2D eigenvalue weighted by Crippen LogP contribution is 2.38. The largest absolute Gasteiger partial charge is 0.508 e. The van der Waals surface area contributed by atoms with E-state index in [4.69, 9.17) is 19.7 Å². The Bertz CT molecular complexity index is 1190. The third kappa shape index (κ3) is 9.76. The summed E-state index contributed by atoms with van der Waals surface area (Å²) < 4.78 is 14.9. The van der Waals surface area contributed by atoms with Crippen LogP contribution in [0.1, 0.15) is 71.0 Å². The average molecular weight is 589 g/mol. The van der Waals surface area contributed by atoms with Gasteiger partial charge < -0.3 is 29.5 Å². The number of likely N-dealkylation sites (tertiary alicyclic amines) is 1. The van der Waals surface area contributed by atoms with Crippen LogP contribution in [0.25, 0.3) is 0 Å². The monoisotopic (exact) mass is 588 g/mol. The smallest absolute Gasteiger partial charge is 0.411 e. The van der Waals surface area contributed by atoms with Gasteiger partial charge in [0.25, 0.3) is 0 Å². The Morgan fingerprint density at radius 1 is 0.833 bits per heavy atom. The third-order valence-corrected chi connectivity index (χ3v) is 6.38. The van der Waals surface area contributed by atoms with Crippen molar-refractivity contribution >= 4 is 23.7 Å². The van der Waals surface area contributed by atoms with E-state index in [-0.39, 0.29) is 37.0 Å². The molecule has 2 aliphatic heterocycles. The minimum atomic E-state index is -0.659. The normalized spacial score (nSPS) is 19.1. The molecule has 0 aromatic heterocycles. The summed E-state index contributed by atoms with van der Waals surface area (Å²) in [4.78, 5) is 41.6. The van der Waals surface area contributed by atoms with Gasteiger partial charge in [0.1, 0.15) is 29.2 Å². The number of carbonyl (C=O) groups is 3. The number of esters is 2. The van der Waals surface area contributed by atoms with Gasteiger partial charge in [-0.1, -0.05) is 19.6 Å². The zero-order valence-corrected chi connectivity index (χ0v) is 24.4. The molecule has 3 atom stereocenters. The fourth-order valence-electron chi connectivity index (χ4n) is 4.54. The summed E-state index contributed by atoms with van der Waals surface area (Å²) in [5, 5.41) is 25.6. The second-order valence-electron chi connectivity index (χ2n) is 10.3. The van der Waals surface area contributed by atoms with E-state index >= 15 is 0 Å². The van der Waals surface area contributed by atoms with E-state index < -0.39 is 23.7 Å². The van der Waals surface area contributed by atoms with Crippen molar-refractivity contribution in [2.75, 3.05) is 21.3 Å². The number of rotatable bonds is 4. The first-order chi connectivity index (χ1) is 19.4. The molecule has 0 radical (unpaired) electrons. The molecule has 11 nitrogen and oxygen atoms in total. The quantitative estimate of drug-likeness (QED) is 0.338. The molecule has 0 saturated carbocycles. The molecule has 0 aliphatic carbocycles. The molecule has 11 heteroatoms. The predicted molar refractivity (Wildman–Crippen MR) is 159 cm³/mol. The lowest BCUT2D eigenvalue weighted by Crippen LogP contribution is -2.44. The highest BCUT2D eigenvalue weighted by molar-refractivity contribution is 6.03. The van der Waals surface area contributed by atoms with Crippen LogP contribution in [0.3, 0.4) is 0 Å². The number of ether oxygens (including phenoxy) is 3. The third-order valence-electron chi connectivity index (χ3n) is 6.38. The van der Waals surface area contributed by atoms with Crippen LogP contribution in [0.2, 0.25) is 0 Å². The minimum absolute atomic E-state index is 0. The van der Waals surface area contributed by atoms with Gasteiger partial charge in [-0.25, -0.2) is 14.4 Å². The molecular weight excluding hydrogens is 544 g/mol. The molecule has 1 unspecified atom stereocenters. The number of amides is 1. The van der Waals surface area contributed by atoms with Crippen LogP contribution in [-0.2, 0) is 23.8 Å². The van der Waals surface area contributed by atoms with E-state index in [1.165, 1.54) is 19.1 Å². The van der Waals surface area contributed by atoms with Crippen molar-refractivity contribution in [1.82, 2.24) is 4.90 Å². The van der Waals surface area contributed by atoms with Gasteiger partial charge in [-0.3, -0.25) is 9.89 Å². The number of carbonyl (C=O) groups excluding carboxylic acids is 3. The number of hydrogen-bond acceptors (Lipinski definition) is 10. The van der Waals surface area contributed by atoms with Gasteiger partial charge in [-0.05, 0) is 94.0 Å². The zero-order chi connectivity index (χ0) is 30.7. The first kappa shape index (κ1) is 35.9. The van der Waals surface area contributed by atoms with Crippen LogP contribution < -0.4 is 0 Å². The number of aliphatic hydroxyl groups excluding tert-OH is 1. The molecular formula is C31H44N2O9. The summed E-state index contributed by atoms with van der Waals surface area (Å²) in [5.74, 6) is -0.349. The van der Waals surface area contributed by atoms with E-state index in [0.29, 0.717) is 19.3 Å². The minimum Gasteiger partial charge on any atom is -0.508 e. The van der Waals surface area contributed by atoms with Crippen LogP contribution >= 0.6 is 0 Å². The second kappa shape index (κ2) is 16.4. The van der Waals surface area contributed by atoms with Crippen molar-refractivity contribution in [2.24, 2.45) is 4.99 Å². The molecule has 1 fully saturated rings. The van der Waals surface area contributed by atoms with E-state index in [9.17, 15) is 19.5 Å². The maximum atomic E-state index is 12.6. The molecule has 2 aromatic rings. The van der Waals surface area contributed by atoms with Crippen LogP contribution in [0.15, 0.2) is 53.5 Å². The van der Waals surface area contributed by atoms with Crippen LogP contribution in [-0.4, -0.2) is 83.0 Å². The molecule has 2 aromatic carbocycles. The molecule has 1 amide bonds. The van der Waals surface area contributed by atoms with Gasteiger partial charge in [0, 0.05) is 12.8 Å². The second-order valence-corrected chi connectivity index (χ2v) is 10.3. The van der Waals surface area contributed by atoms with Crippen LogP contribution in [0.4, 0.5) is 4.79 Å². The Morgan fingerprint density at radius 3 is 1.86 bits per heavy atom. The summed E-state index contributed by atoms with van der Waals surface area (Å²) in [7, 11) is 3.68. The van der Waals surface area contributed by atoms with E-state index in [2.05, 4.69) is 9.73 Å². The number of aliphatic hydroxyl groups is 1. The standard InChI is InChI=1S/C17H23NO5.C12H13NO3.CH4O.CH4/c1-17(2,3)23-16(21)18-13(9-10-14(18)15(20)22-4)11-5-7-12(19)8-6-11;1-16-12(15)11-7-6-10(13-11)8-2-4-9(14)5-3-8;1-2;/h5-8,13-14,19H,9-10H2,1-4H3;2-5,11,14H,6-7H2,1H3;2H,1H3;1H4/t13?,14-;11-;;/m00../s1. The first-order valence-electron chi connectivity index (χ1n) is 13.2. The van der Waals surface area contributed by atoms with Gasteiger partial charge in [0.2, 0.25) is 0 Å². The number of nitrogens with zero attached hydrogens (tertiary/aromatic N) is 2. The average Bonchev–Trinajstić information content (AvgIpc) is 3.62. The molecule has 3 N–H and O–H groups in total. The molecule has 232 valence electrons. The van der Waals surface area contributed by atoms with Crippen LogP contribution in [0, 0.1) is 0 Å². The first-order valence-corrected chi connectivity index (χ1v) is 13.2. The van der Waals surface area contributed by atoms with Gasteiger partial charge in [0.15, 0.2) is 0 Å². The predicted octanol–water partition coefficient (Wildman–Crippen LogP) is 4.77. The number of benzene rings is 2. The molecule has 42 heavy (non-hydrogen) atoms. The van der Waals surface area contributed by atoms with Crippen molar-refractivity contribution in [1.29, 1.82) is 0 Å². The molecule has 0 bridgehead atoms. The molecule has 2 heterocycles. The molecule has 2 aliphatic rings. The summed E-state index contributed by atoms with van der Waals surface area (Å²) >= 11 is 0. The Labute approximate surface area is 247 Å². The van der Waals surface area contributed by atoms with Gasteiger partial charge in [-0.15, -0.1) is 0 Å². The van der Waals surface area contributed by atoms with Crippen molar-refractivity contribution in [2.45, 2.75) is 77.6 Å². The van der Waals surface area contributed by atoms with Gasteiger partial charge >= 0.3 is 18.0 Å². The summed E-state index contributed by atoms with van der Waals surface area (Å²) in [5.41, 5.74) is 2.04. The number of aliphatic imine (C=N–C) groups is 1. The Morgan fingerprint density at radius 2 is 1.36 bits per heavy atom. The van der Waals surface area contributed by atoms with E-state index in [1.807, 2.05) is 0 Å². The number of phenolic OH excluding ortho intramolecular Hbond substituents is 2. The van der Waals surface area contributed by atoms with Crippen molar-refractivity contribution in [3.05, 3.63) is 59.7 Å². The Kier molecular flexibility index (Phi) is 14.0. The van der Waals surface area contributed by atoms with Crippen molar-refractivity contribution in [3.63, 3.8) is 0 Å². The highest BCUT2D eigenvalue weighted by atomic mass is 16.6. The summed E-state index contributed by atoms with van der Waals surface area (Å²) in [6.07, 6.45) is 2.07. The topological polar surface area (TPSA) is 155 Å². The van der Waals surface area contributed by atoms with Gasteiger partial charge in [-0.2, -0.15) is 0 Å². The van der Waals surface area contributed by atoms with E-state index in [0.717, 1.165) is 30.4 Å². The summed E-state index contributed by atoms with van der Waals surface area (Å²) in [6, 6.07) is 12.1. The zero-order valence-electron chi connectivity index (χ0n) is 24.4.